The second kappa shape index (κ2) is 13.0. The van der Waals surface area contributed by atoms with Crippen LogP contribution in [0.2, 0.25) is 0 Å². The predicted molar refractivity (Wildman–Crippen MR) is 226 cm³/mol. The lowest BCUT2D eigenvalue weighted by Crippen LogP contribution is -2.00. The van der Waals surface area contributed by atoms with Gasteiger partial charge in [0.25, 0.3) is 0 Å². The summed E-state index contributed by atoms with van der Waals surface area (Å²) < 4.78 is 8.44. The zero-order valence-electron chi connectivity index (χ0n) is 30.0. The molecule has 56 heavy (non-hydrogen) atoms. The number of hydrogen-bond acceptors (Lipinski definition) is 5. The van der Waals surface area contributed by atoms with Gasteiger partial charge in [-0.05, 0) is 76.5 Å². The number of aromatic nitrogens is 5. The molecule has 0 bridgehead atoms. The quantitative estimate of drug-likeness (QED) is 0.171. The van der Waals surface area contributed by atoms with Gasteiger partial charge < -0.3 is 4.42 Å². The van der Waals surface area contributed by atoms with Crippen LogP contribution in [0, 0.1) is 0 Å². The molecule has 0 aliphatic carbocycles. The average molecular weight is 718 g/mol. The molecule has 0 fully saturated rings. The molecule has 0 saturated carbocycles. The van der Waals surface area contributed by atoms with E-state index in [2.05, 4.69) is 114 Å². The van der Waals surface area contributed by atoms with Crippen LogP contribution in [-0.2, 0) is 0 Å². The van der Waals surface area contributed by atoms with Crippen LogP contribution in [0.3, 0.4) is 0 Å². The largest absolute Gasteiger partial charge is 0.456 e. The lowest BCUT2D eigenvalue weighted by Gasteiger charge is -2.08. The predicted octanol–water partition coefficient (Wildman–Crippen LogP) is 12.6. The monoisotopic (exact) mass is 717 g/mol. The second-order valence-corrected chi connectivity index (χ2v) is 13.9. The Balaban J connectivity index is 1.04. The summed E-state index contributed by atoms with van der Waals surface area (Å²) in [6, 6.07) is 64.6. The molecule has 0 aliphatic heterocycles. The Morgan fingerprint density at radius 1 is 0.375 bits per heavy atom. The molecule has 0 amide bonds. The SMILES string of the molecule is c1ccc(-c2nc(-c3ccccc3)nc(-c3ccc4oc5ccc(-c6cccc(-c7nn(-c8ccccc8)c8ccc9ccccc9c78)c6)cc5c4c3)n2)cc1. The fourth-order valence-corrected chi connectivity index (χ4v) is 7.74. The van der Waals surface area contributed by atoms with Gasteiger partial charge in [-0.1, -0.05) is 133 Å². The van der Waals surface area contributed by atoms with Crippen LogP contribution in [0.25, 0.3) is 106 Å². The van der Waals surface area contributed by atoms with Crippen molar-refractivity contribution >= 4 is 43.6 Å². The molecular formula is C50H31N5O. The second-order valence-electron chi connectivity index (χ2n) is 13.9. The number of benzene rings is 8. The Morgan fingerprint density at radius 2 is 0.911 bits per heavy atom. The first kappa shape index (κ1) is 31.8. The lowest BCUT2D eigenvalue weighted by molar-refractivity contribution is 0.669. The Morgan fingerprint density at radius 3 is 1.61 bits per heavy atom. The van der Waals surface area contributed by atoms with Crippen molar-refractivity contribution in [3.63, 3.8) is 0 Å². The Kier molecular flexibility index (Phi) is 7.38. The minimum absolute atomic E-state index is 0.604. The van der Waals surface area contributed by atoms with Gasteiger partial charge in [0.1, 0.15) is 16.9 Å². The standard InChI is InChI=1S/C50H31N5O/c1-4-14-33(15-5-1)48-51-49(34-16-6-2-7-17-34)53-50(52-48)38-25-28-45-42(31-38)41-30-36(24-27-44(41)56-45)35-18-12-19-37(29-35)47-46-40-22-11-10-13-32(40)23-26-43(46)55(54-47)39-20-8-3-9-21-39/h1-31H. The minimum atomic E-state index is 0.604. The molecule has 0 spiro atoms. The summed E-state index contributed by atoms with van der Waals surface area (Å²) in [6.07, 6.45) is 0. The summed E-state index contributed by atoms with van der Waals surface area (Å²) in [7, 11) is 0. The van der Waals surface area contributed by atoms with Gasteiger partial charge in [0.05, 0.1) is 11.2 Å². The maximum atomic E-state index is 6.38. The Hall–Kier alpha value is -7.70. The van der Waals surface area contributed by atoms with E-state index in [0.717, 1.165) is 77.6 Å². The van der Waals surface area contributed by atoms with Gasteiger partial charge in [0, 0.05) is 38.4 Å². The van der Waals surface area contributed by atoms with Gasteiger partial charge >= 0.3 is 0 Å². The summed E-state index contributed by atoms with van der Waals surface area (Å²) in [5, 5.41) is 10.8. The van der Waals surface area contributed by atoms with Crippen LogP contribution in [-0.4, -0.2) is 24.7 Å². The number of rotatable bonds is 6. The van der Waals surface area contributed by atoms with Crippen molar-refractivity contribution in [3.8, 4) is 62.2 Å². The highest BCUT2D eigenvalue weighted by Crippen LogP contribution is 2.39. The zero-order valence-corrected chi connectivity index (χ0v) is 30.0. The molecule has 11 aromatic rings. The number of nitrogens with zero attached hydrogens (tertiary/aromatic N) is 5. The van der Waals surface area contributed by atoms with Gasteiger partial charge in [-0.3, -0.25) is 0 Å². The summed E-state index contributed by atoms with van der Waals surface area (Å²) in [6.45, 7) is 0. The third-order valence-corrected chi connectivity index (χ3v) is 10.5. The van der Waals surface area contributed by atoms with Crippen molar-refractivity contribution < 1.29 is 4.42 Å². The Bertz CT molecular complexity index is 3190. The van der Waals surface area contributed by atoms with Crippen LogP contribution in [0.5, 0.6) is 0 Å². The first-order valence-corrected chi connectivity index (χ1v) is 18.6. The molecular weight excluding hydrogens is 687 g/mol. The van der Waals surface area contributed by atoms with Gasteiger partial charge in [-0.15, -0.1) is 0 Å². The number of fused-ring (bicyclic) bond motifs is 6. The Labute approximate surface area is 322 Å². The van der Waals surface area contributed by atoms with E-state index in [1.54, 1.807) is 0 Å². The van der Waals surface area contributed by atoms with Crippen molar-refractivity contribution in [2.45, 2.75) is 0 Å². The maximum absolute atomic E-state index is 6.38. The van der Waals surface area contributed by atoms with Crippen LogP contribution in [0.4, 0.5) is 0 Å². The topological polar surface area (TPSA) is 69.6 Å². The third-order valence-electron chi connectivity index (χ3n) is 10.5. The molecule has 6 heteroatoms. The summed E-state index contributed by atoms with van der Waals surface area (Å²) in [5.74, 6) is 1.86. The normalized spacial score (nSPS) is 11.6. The van der Waals surface area contributed by atoms with Crippen LogP contribution < -0.4 is 0 Å². The summed E-state index contributed by atoms with van der Waals surface area (Å²) in [4.78, 5) is 14.8. The number of para-hydroxylation sites is 1. The van der Waals surface area contributed by atoms with E-state index in [0.29, 0.717) is 17.5 Å². The first-order chi connectivity index (χ1) is 27.7. The highest BCUT2D eigenvalue weighted by molar-refractivity contribution is 6.13. The molecule has 0 radical (unpaired) electrons. The molecule has 8 aromatic carbocycles. The third kappa shape index (κ3) is 5.43. The van der Waals surface area contributed by atoms with E-state index in [-0.39, 0.29) is 0 Å². The van der Waals surface area contributed by atoms with Crippen LogP contribution >= 0.6 is 0 Å². The minimum Gasteiger partial charge on any atom is -0.456 e. The van der Waals surface area contributed by atoms with Gasteiger partial charge in [0.15, 0.2) is 17.5 Å². The highest BCUT2D eigenvalue weighted by atomic mass is 16.3. The zero-order chi connectivity index (χ0) is 37.0. The average Bonchev–Trinajstić information content (AvgIpc) is 3.86. The van der Waals surface area contributed by atoms with Gasteiger partial charge in [-0.25, -0.2) is 19.6 Å². The van der Waals surface area contributed by atoms with E-state index in [1.165, 1.54) is 10.8 Å². The van der Waals surface area contributed by atoms with E-state index in [4.69, 9.17) is 24.5 Å². The van der Waals surface area contributed by atoms with Crippen molar-refractivity contribution in [1.29, 1.82) is 0 Å². The summed E-state index contributed by atoms with van der Waals surface area (Å²) in [5.41, 5.74) is 10.7. The molecule has 0 saturated heterocycles. The van der Waals surface area contributed by atoms with E-state index in [1.807, 2.05) is 78.9 Å². The van der Waals surface area contributed by atoms with Gasteiger partial charge in [-0.2, -0.15) is 5.10 Å². The molecule has 3 aromatic heterocycles. The number of furan rings is 1. The van der Waals surface area contributed by atoms with Crippen LogP contribution in [0.15, 0.2) is 192 Å². The lowest BCUT2D eigenvalue weighted by atomic mass is 9.97. The summed E-state index contributed by atoms with van der Waals surface area (Å²) >= 11 is 0. The fourth-order valence-electron chi connectivity index (χ4n) is 7.74. The van der Waals surface area contributed by atoms with E-state index < -0.39 is 0 Å². The number of hydrogen-bond donors (Lipinski definition) is 0. The van der Waals surface area contributed by atoms with Gasteiger partial charge in [0.2, 0.25) is 0 Å². The highest BCUT2D eigenvalue weighted by Gasteiger charge is 2.18. The molecule has 0 atom stereocenters. The van der Waals surface area contributed by atoms with Crippen molar-refractivity contribution in [2.24, 2.45) is 0 Å². The molecule has 3 heterocycles. The first-order valence-electron chi connectivity index (χ1n) is 18.6. The van der Waals surface area contributed by atoms with E-state index in [9.17, 15) is 0 Å². The molecule has 0 unspecified atom stereocenters. The molecule has 0 aliphatic rings. The molecule has 11 rings (SSSR count). The fraction of sp³-hybridized carbons (Fsp3) is 0. The van der Waals surface area contributed by atoms with Crippen molar-refractivity contribution in [1.82, 2.24) is 24.7 Å². The van der Waals surface area contributed by atoms with Crippen molar-refractivity contribution in [3.05, 3.63) is 188 Å². The maximum Gasteiger partial charge on any atom is 0.164 e. The van der Waals surface area contributed by atoms with E-state index >= 15 is 0 Å². The van der Waals surface area contributed by atoms with Crippen molar-refractivity contribution in [2.75, 3.05) is 0 Å². The molecule has 0 N–H and O–H groups in total. The molecule has 6 nitrogen and oxygen atoms in total. The van der Waals surface area contributed by atoms with Crippen LogP contribution in [0.1, 0.15) is 0 Å². The molecule has 262 valence electrons. The smallest absolute Gasteiger partial charge is 0.164 e.